The van der Waals surface area contributed by atoms with E-state index in [2.05, 4.69) is 10.3 Å². The normalized spacial score (nSPS) is 14.4. The zero-order chi connectivity index (χ0) is 19.3. The van der Waals surface area contributed by atoms with Gasteiger partial charge in [0.2, 0.25) is 9.84 Å². The summed E-state index contributed by atoms with van der Waals surface area (Å²) < 4.78 is 25.9. The third-order valence-electron chi connectivity index (χ3n) is 4.45. The van der Waals surface area contributed by atoms with Crippen LogP contribution in [0.4, 0.5) is 5.13 Å². The molecule has 0 saturated carbocycles. The maximum atomic E-state index is 12.9. The van der Waals surface area contributed by atoms with E-state index in [4.69, 9.17) is 0 Å². The van der Waals surface area contributed by atoms with Crippen LogP contribution in [0, 0.1) is 13.8 Å². The lowest BCUT2D eigenvalue weighted by molar-refractivity contribution is 0.101. The summed E-state index contributed by atoms with van der Waals surface area (Å²) in [4.78, 5) is 30.2. The number of nitrogens with zero attached hydrogens (tertiary/aromatic N) is 1. The largest absolute Gasteiger partial charge is 0.298 e. The minimum Gasteiger partial charge on any atom is -0.298 e. The number of hydrogen-bond acceptors (Lipinski definition) is 6. The number of fused-ring (bicyclic) bond motifs is 2. The van der Waals surface area contributed by atoms with E-state index in [-0.39, 0.29) is 32.3 Å². The molecular weight excluding hydrogens is 384 g/mol. The fourth-order valence-electron chi connectivity index (χ4n) is 2.92. The Balaban J connectivity index is 1.76. The van der Waals surface area contributed by atoms with Crippen molar-refractivity contribution in [1.82, 2.24) is 4.98 Å². The van der Waals surface area contributed by atoms with Crippen molar-refractivity contribution in [3.8, 4) is 0 Å². The molecule has 1 aromatic heterocycles. The molecule has 0 unspecified atom stereocenters. The van der Waals surface area contributed by atoms with Crippen LogP contribution in [-0.4, -0.2) is 25.1 Å². The monoisotopic (exact) mass is 398 g/mol. The highest BCUT2D eigenvalue weighted by Gasteiger charge is 2.35. The van der Waals surface area contributed by atoms with E-state index in [0.29, 0.717) is 5.13 Å². The van der Waals surface area contributed by atoms with Gasteiger partial charge in [-0.2, -0.15) is 0 Å². The third-order valence-corrected chi connectivity index (χ3v) is 7.29. The van der Waals surface area contributed by atoms with Gasteiger partial charge in [-0.3, -0.25) is 14.9 Å². The Kier molecular flexibility index (Phi) is 3.97. The first kappa shape index (κ1) is 17.6. The first-order valence-corrected chi connectivity index (χ1v) is 10.4. The van der Waals surface area contributed by atoms with Gasteiger partial charge in [-0.25, -0.2) is 13.4 Å². The van der Waals surface area contributed by atoms with Gasteiger partial charge in [0.05, 0.1) is 15.5 Å². The summed E-state index contributed by atoms with van der Waals surface area (Å²) in [5.74, 6) is -0.846. The van der Waals surface area contributed by atoms with Crippen molar-refractivity contribution in [2.75, 3.05) is 5.32 Å². The lowest BCUT2D eigenvalue weighted by Crippen LogP contribution is -2.21. The van der Waals surface area contributed by atoms with Crippen LogP contribution in [0.5, 0.6) is 0 Å². The van der Waals surface area contributed by atoms with Crippen molar-refractivity contribution >= 4 is 38.0 Å². The summed E-state index contributed by atoms with van der Waals surface area (Å²) in [6.07, 6.45) is 0. The summed E-state index contributed by atoms with van der Waals surface area (Å²) in [7, 11) is -3.88. The summed E-state index contributed by atoms with van der Waals surface area (Å²) in [6.45, 7) is 3.74. The van der Waals surface area contributed by atoms with Crippen molar-refractivity contribution < 1.29 is 18.0 Å². The second-order valence-electron chi connectivity index (χ2n) is 6.15. The molecule has 0 radical (unpaired) electrons. The molecule has 3 aromatic rings. The standard InChI is InChI=1S/C19H14N2O4S2/c1-10-11(2)26-19(20-10)21-18(23)12-7-8-14-16(9-12)27(24,25)15-6-4-3-5-13(15)17(14)22/h3-9H,1-2H3,(H,20,21,23). The van der Waals surface area contributed by atoms with Crippen molar-refractivity contribution in [2.45, 2.75) is 23.6 Å². The summed E-state index contributed by atoms with van der Waals surface area (Å²) >= 11 is 1.34. The zero-order valence-electron chi connectivity index (χ0n) is 14.4. The topological polar surface area (TPSA) is 93.2 Å². The second kappa shape index (κ2) is 6.11. The van der Waals surface area contributed by atoms with Gasteiger partial charge in [0, 0.05) is 21.6 Å². The molecule has 4 rings (SSSR count). The Hall–Kier alpha value is -2.84. The van der Waals surface area contributed by atoms with Gasteiger partial charge in [0.15, 0.2) is 10.9 Å². The summed E-state index contributed by atoms with van der Waals surface area (Å²) in [5.41, 5.74) is 1.20. The maximum absolute atomic E-state index is 12.9. The number of amides is 1. The van der Waals surface area contributed by atoms with Crippen molar-refractivity contribution in [2.24, 2.45) is 0 Å². The minimum absolute atomic E-state index is 0.0359. The van der Waals surface area contributed by atoms with E-state index >= 15 is 0 Å². The van der Waals surface area contributed by atoms with Gasteiger partial charge in [-0.05, 0) is 44.2 Å². The molecule has 136 valence electrons. The number of hydrogen-bond donors (Lipinski definition) is 1. The van der Waals surface area contributed by atoms with Crippen LogP contribution in [0.15, 0.2) is 52.3 Å². The van der Waals surface area contributed by atoms with Gasteiger partial charge in [0.1, 0.15) is 0 Å². The lowest BCUT2D eigenvalue weighted by Gasteiger charge is -2.19. The molecule has 1 amide bonds. The zero-order valence-corrected chi connectivity index (χ0v) is 16.1. The highest BCUT2D eigenvalue weighted by atomic mass is 32.2. The number of aryl methyl sites for hydroxylation is 2. The molecule has 0 spiro atoms. The van der Waals surface area contributed by atoms with Crippen molar-refractivity contribution in [3.63, 3.8) is 0 Å². The predicted molar refractivity (Wildman–Crippen MR) is 101 cm³/mol. The molecule has 2 aromatic carbocycles. The van der Waals surface area contributed by atoms with Crippen LogP contribution in [0.25, 0.3) is 0 Å². The SMILES string of the molecule is Cc1nc(NC(=O)c2ccc3c(c2)S(=O)(=O)c2ccccc2C3=O)sc1C. The number of rotatable bonds is 2. The van der Waals surface area contributed by atoms with Crippen LogP contribution >= 0.6 is 11.3 Å². The smallest absolute Gasteiger partial charge is 0.257 e. The van der Waals surface area contributed by atoms with Crippen LogP contribution in [0.3, 0.4) is 0 Å². The molecule has 1 aliphatic rings. The molecular formula is C19H14N2O4S2. The number of sulfone groups is 1. The molecule has 1 aliphatic heterocycles. The molecule has 0 saturated heterocycles. The lowest BCUT2D eigenvalue weighted by atomic mass is 10.0. The van der Waals surface area contributed by atoms with Gasteiger partial charge in [-0.15, -0.1) is 11.3 Å². The quantitative estimate of drug-likeness (QED) is 0.559. The summed E-state index contributed by atoms with van der Waals surface area (Å²) in [5, 5.41) is 3.11. The van der Waals surface area contributed by atoms with E-state index < -0.39 is 15.7 Å². The Morgan fingerprint density at radius 2 is 1.74 bits per heavy atom. The number of aromatic nitrogens is 1. The molecule has 27 heavy (non-hydrogen) atoms. The maximum Gasteiger partial charge on any atom is 0.257 e. The van der Waals surface area contributed by atoms with E-state index in [1.165, 1.54) is 41.7 Å². The number of anilines is 1. The van der Waals surface area contributed by atoms with Crippen LogP contribution in [0.2, 0.25) is 0 Å². The van der Waals surface area contributed by atoms with Crippen LogP contribution < -0.4 is 5.32 Å². The minimum atomic E-state index is -3.88. The van der Waals surface area contributed by atoms with Crippen LogP contribution in [0.1, 0.15) is 36.9 Å². The average molecular weight is 398 g/mol. The Morgan fingerprint density at radius 1 is 1.04 bits per heavy atom. The highest BCUT2D eigenvalue weighted by molar-refractivity contribution is 7.91. The Bertz CT molecular complexity index is 1210. The third kappa shape index (κ3) is 2.77. The van der Waals surface area contributed by atoms with Crippen molar-refractivity contribution in [1.29, 1.82) is 0 Å². The Morgan fingerprint density at radius 3 is 2.44 bits per heavy atom. The highest BCUT2D eigenvalue weighted by Crippen LogP contribution is 2.35. The molecule has 0 aliphatic carbocycles. The molecule has 2 heterocycles. The molecule has 1 N–H and O–H groups in total. The fraction of sp³-hybridized carbons (Fsp3) is 0.105. The second-order valence-corrected chi connectivity index (χ2v) is 9.24. The van der Waals surface area contributed by atoms with E-state index in [0.717, 1.165) is 10.6 Å². The number of carbonyl (C=O) groups excluding carboxylic acids is 2. The summed E-state index contributed by atoms with van der Waals surface area (Å²) in [6, 6.07) is 10.2. The molecule has 8 heteroatoms. The number of ketones is 1. The van der Waals surface area contributed by atoms with Gasteiger partial charge in [0.25, 0.3) is 5.91 Å². The number of nitrogens with one attached hydrogen (secondary N) is 1. The van der Waals surface area contributed by atoms with E-state index in [1.807, 2.05) is 13.8 Å². The first-order valence-electron chi connectivity index (χ1n) is 8.07. The fourth-order valence-corrected chi connectivity index (χ4v) is 5.41. The number of carbonyl (C=O) groups is 2. The molecule has 6 nitrogen and oxygen atoms in total. The van der Waals surface area contributed by atoms with Crippen LogP contribution in [-0.2, 0) is 9.84 Å². The van der Waals surface area contributed by atoms with E-state index in [1.54, 1.807) is 12.1 Å². The predicted octanol–water partition coefficient (Wildman–Crippen LogP) is 3.39. The van der Waals surface area contributed by atoms with Gasteiger partial charge < -0.3 is 0 Å². The average Bonchev–Trinajstić information content (AvgIpc) is 2.97. The number of thiazole rings is 1. The number of benzene rings is 2. The van der Waals surface area contributed by atoms with Gasteiger partial charge >= 0.3 is 0 Å². The molecule has 0 fully saturated rings. The molecule has 0 bridgehead atoms. The van der Waals surface area contributed by atoms with Crippen molar-refractivity contribution in [3.05, 3.63) is 69.7 Å². The van der Waals surface area contributed by atoms with Gasteiger partial charge in [-0.1, -0.05) is 12.1 Å². The Labute approximate surface area is 159 Å². The van der Waals surface area contributed by atoms with E-state index in [9.17, 15) is 18.0 Å². The first-order chi connectivity index (χ1) is 12.8. The molecule has 0 atom stereocenters.